The third-order valence-corrected chi connectivity index (χ3v) is 5.29. The highest BCUT2D eigenvalue weighted by molar-refractivity contribution is 9.10. The molecule has 4 rings (SSSR count). The van der Waals surface area contributed by atoms with Crippen molar-refractivity contribution in [3.05, 3.63) is 101 Å². The van der Waals surface area contributed by atoms with Gasteiger partial charge < -0.3 is 0 Å². The highest BCUT2D eigenvalue weighted by Crippen LogP contribution is 2.25. The molecule has 2 aromatic carbocycles. The Morgan fingerprint density at radius 3 is 2.27 bits per heavy atom. The number of nitrogens with one attached hydrogen (secondary N) is 3. The standard InChI is InChI=1S/C23H17BrN6O2S/c24-17-8-6-15(7-9-17)20-19(14-30(29-20)18-4-2-1-3-5-18)22(32)26-23(33)28-27-21(31)16-10-12-25-13-11-16/h1-14H,(H,27,31)(H2,26,28,32,33). The van der Waals surface area contributed by atoms with E-state index < -0.39 is 11.8 Å². The number of nitrogens with zero attached hydrogens (tertiary/aromatic N) is 3. The normalized spacial score (nSPS) is 10.3. The minimum Gasteiger partial charge on any atom is -0.298 e. The van der Waals surface area contributed by atoms with Crippen molar-refractivity contribution in [3.63, 3.8) is 0 Å². The van der Waals surface area contributed by atoms with E-state index in [0.717, 1.165) is 15.7 Å². The summed E-state index contributed by atoms with van der Waals surface area (Å²) in [5.41, 5.74) is 7.76. The Kier molecular flexibility index (Phi) is 6.86. The number of hydrogen-bond donors (Lipinski definition) is 3. The van der Waals surface area contributed by atoms with Crippen LogP contribution in [-0.4, -0.2) is 31.7 Å². The highest BCUT2D eigenvalue weighted by atomic mass is 79.9. The Labute approximate surface area is 203 Å². The summed E-state index contributed by atoms with van der Waals surface area (Å²) >= 11 is 8.59. The molecule has 2 amide bonds. The summed E-state index contributed by atoms with van der Waals surface area (Å²) in [6.07, 6.45) is 4.65. The molecule has 2 heterocycles. The second-order valence-electron chi connectivity index (χ2n) is 6.78. The molecular formula is C23H17BrN6O2S. The lowest BCUT2D eigenvalue weighted by molar-refractivity contribution is 0.0934. The fraction of sp³-hybridized carbons (Fsp3) is 0. The van der Waals surface area contributed by atoms with Crippen LogP contribution < -0.4 is 16.2 Å². The molecule has 0 unspecified atom stereocenters. The zero-order valence-corrected chi connectivity index (χ0v) is 19.4. The van der Waals surface area contributed by atoms with Gasteiger partial charge in [-0.2, -0.15) is 5.10 Å². The molecule has 0 radical (unpaired) electrons. The van der Waals surface area contributed by atoms with E-state index in [9.17, 15) is 9.59 Å². The van der Waals surface area contributed by atoms with Gasteiger partial charge in [-0.1, -0.05) is 46.3 Å². The third-order valence-electron chi connectivity index (χ3n) is 4.56. The SMILES string of the molecule is O=C(NNC(=S)NC(=O)c1cn(-c2ccccc2)nc1-c1ccc(Br)cc1)c1ccncc1. The van der Waals surface area contributed by atoms with E-state index in [2.05, 4.69) is 42.2 Å². The second-order valence-corrected chi connectivity index (χ2v) is 8.10. The molecule has 0 fully saturated rings. The first-order valence-corrected chi connectivity index (χ1v) is 10.9. The summed E-state index contributed by atoms with van der Waals surface area (Å²) in [7, 11) is 0. The van der Waals surface area contributed by atoms with Crippen LogP contribution in [-0.2, 0) is 0 Å². The summed E-state index contributed by atoms with van der Waals surface area (Å²) in [5, 5.41) is 7.15. The molecular weight excluding hydrogens is 504 g/mol. The Balaban J connectivity index is 1.53. The molecule has 0 bridgehead atoms. The number of hydrazine groups is 1. The molecule has 0 saturated heterocycles. The first-order valence-electron chi connectivity index (χ1n) is 9.74. The smallest absolute Gasteiger partial charge is 0.269 e. The zero-order valence-electron chi connectivity index (χ0n) is 17.0. The maximum absolute atomic E-state index is 13.1. The summed E-state index contributed by atoms with van der Waals surface area (Å²) in [4.78, 5) is 29.1. The van der Waals surface area contributed by atoms with Crippen molar-refractivity contribution in [1.29, 1.82) is 0 Å². The number of thiocarbonyl (C=S) groups is 1. The van der Waals surface area contributed by atoms with Gasteiger partial charge in [-0.25, -0.2) is 4.68 Å². The lowest BCUT2D eigenvalue weighted by Gasteiger charge is -2.10. The number of carbonyl (C=O) groups is 2. The number of para-hydroxylation sites is 1. The minimum atomic E-state index is -0.467. The molecule has 0 saturated carbocycles. The number of aromatic nitrogens is 3. The van der Waals surface area contributed by atoms with Gasteiger partial charge in [-0.3, -0.25) is 30.7 Å². The lowest BCUT2D eigenvalue weighted by atomic mass is 10.1. The largest absolute Gasteiger partial charge is 0.298 e. The van der Waals surface area contributed by atoms with Gasteiger partial charge in [0.2, 0.25) is 0 Å². The molecule has 164 valence electrons. The maximum Gasteiger partial charge on any atom is 0.269 e. The summed E-state index contributed by atoms with van der Waals surface area (Å²) < 4.78 is 2.55. The van der Waals surface area contributed by atoms with E-state index in [1.807, 2.05) is 54.6 Å². The van der Waals surface area contributed by atoms with Crippen molar-refractivity contribution in [2.75, 3.05) is 0 Å². The van der Waals surface area contributed by atoms with Crippen LogP contribution in [0.25, 0.3) is 16.9 Å². The van der Waals surface area contributed by atoms with Gasteiger partial charge in [-0.15, -0.1) is 0 Å². The first kappa shape index (κ1) is 22.3. The average molecular weight is 521 g/mol. The van der Waals surface area contributed by atoms with Crippen molar-refractivity contribution in [3.8, 4) is 16.9 Å². The van der Waals surface area contributed by atoms with Crippen LogP contribution in [0.1, 0.15) is 20.7 Å². The molecule has 0 aliphatic heterocycles. The van der Waals surface area contributed by atoms with Gasteiger partial charge in [0, 0.05) is 34.2 Å². The predicted molar refractivity (Wildman–Crippen MR) is 132 cm³/mol. The molecule has 8 nitrogen and oxygen atoms in total. The van der Waals surface area contributed by atoms with Gasteiger partial charge >= 0.3 is 0 Å². The van der Waals surface area contributed by atoms with E-state index in [-0.39, 0.29) is 5.11 Å². The average Bonchev–Trinajstić information content (AvgIpc) is 3.30. The molecule has 0 spiro atoms. The number of rotatable bonds is 4. The van der Waals surface area contributed by atoms with Crippen molar-refractivity contribution in [2.24, 2.45) is 0 Å². The van der Waals surface area contributed by atoms with Gasteiger partial charge in [0.25, 0.3) is 11.8 Å². The van der Waals surface area contributed by atoms with Crippen molar-refractivity contribution in [2.45, 2.75) is 0 Å². The predicted octanol–water partition coefficient (Wildman–Crippen LogP) is 3.65. The van der Waals surface area contributed by atoms with Crippen LogP contribution in [0, 0.1) is 0 Å². The third kappa shape index (κ3) is 5.48. The lowest BCUT2D eigenvalue weighted by Crippen LogP contribution is -2.48. The Hall–Kier alpha value is -3.89. The summed E-state index contributed by atoms with van der Waals surface area (Å²) in [6, 6.07) is 20.1. The first-order chi connectivity index (χ1) is 16.0. The number of pyridine rings is 1. The van der Waals surface area contributed by atoms with E-state index >= 15 is 0 Å². The van der Waals surface area contributed by atoms with Crippen LogP contribution in [0.3, 0.4) is 0 Å². The quantitative estimate of drug-likeness (QED) is 0.280. The number of carbonyl (C=O) groups excluding carboxylic acids is 2. The van der Waals surface area contributed by atoms with Crippen LogP contribution in [0.5, 0.6) is 0 Å². The van der Waals surface area contributed by atoms with Crippen molar-refractivity contribution >= 4 is 45.1 Å². The zero-order chi connectivity index (χ0) is 23.2. The molecule has 0 atom stereocenters. The number of amides is 2. The van der Waals surface area contributed by atoms with Gasteiger partial charge in [0.15, 0.2) is 5.11 Å². The van der Waals surface area contributed by atoms with Crippen LogP contribution in [0.2, 0.25) is 0 Å². The Morgan fingerprint density at radius 1 is 0.879 bits per heavy atom. The van der Waals surface area contributed by atoms with Crippen molar-refractivity contribution in [1.82, 2.24) is 30.9 Å². The summed E-state index contributed by atoms with van der Waals surface area (Å²) in [5.74, 6) is -0.882. The van der Waals surface area contributed by atoms with E-state index in [0.29, 0.717) is 16.8 Å². The van der Waals surface area contributed by atoms with Crippen LogP contribution in [0.4, 0.5) is 0 Å². The molecule has 0 aliphatic carbocycles. The number of benzene rings is 2. The summed E-state index contributed by atoms with van der Waals surface area (Å²) in [6.45, 7) is 0. The molecule has 10 heteroatoms. The van der Waals surface area contributed by atoms with E-state index in [4.69, 9.17) is 12.2 Å². The second kappa shape index (κ2) is 10.2. The number of halogens is 1. The van der Waals surface area contributed by atoms with Gasteiger partial charge in [-0.05, 0) is 48.6 Å². The maximum atomic E-state index is 13.1. The highest BCUT2D eigenvalue weighted by Gasteiger charge is 2.20. The Morgan fingerprint density at radius 2 is 1.58 bits per heavy atom. The van der Waals surface area contributed by atoms with Gasteiger partial charge in [0.05, 0.1) is 11.3 Å². The number of hydrogen-bond acceptors (Lipinski definition) is 5. The fourth-order valence-corrected chi connectivity index (χ4v) is 3.37. The molecule has 3 N–H and O–H groups in total. The van der Waals surface area contributed by atoms with Crippen LogP contribution >= 0.6 is 28.1 Å². The Bertz CT molecular complexity index is 1290. The molecule has 2 aromatic heterocycles. The minimum absolute atomic E-state index is 0.0587. The van der Waals surface area contributed by atoms with Crippen molar-refractivity contribution < 1.29 is 9.59 Å². The van der Waals surface area contributed by atoms with Gasteiger partial charge in [0.1, 0.15) is 5.69 Å². The topological polar surface area (TPSA) is 101 Å². The van der Waals surface area contributed by atoms with Crippen LogP contribution in [0.15, 0.2) is 89.8 Å². The molecule has 33 heavy (non-hydrogen) atoms. The van der Waals surface area contributed by atoms with E-state index in [1.54, 1.807) is 23.0 Å². The van der Waals surface area contributed by atoms with E-state index in [1.165, 1.54) is 12.4 Å². The molecule has 4 aromatic rings. The monoisotopic (exact) mass is 520 g/mol. The fourth-order valence-electron chi connectivity index (χ4n) is 2.96. The molecule has 0 aliphatic rings.